The smallest absolute Gasteiger partial charge is 0.120 e. The molecule has 1 aromatic carbocycles. The molecule has 2 unspecified atom stereocenters. The molecule has 0 amide bonds. The molecule has 0 saturated heterocycles. The van der Waals surface area contributed by atoms with Crippen molar-refractivity contribution in [3.05, 3.63) is 24.3 Å². The largest absolute Gasteiger partial charge is 0.497 e. The lowest BCUT2D eigenvalue weighted by atomic mass is 10.0. The van der Waals surface area contributed by atoms with Gasteiger partial charge >= 0.3 is 0 Å². The predicted octanol–water partition coefficient (Wildman–Crippen LogP) is 2.26. The first-order valence-electron chi connectivity index (χ1n) is 6.31. The lowest BCUT2D eigenvalue weighted by molar-refractivity contribution is 0.414. The number of nitrogens with zero attached hydrogens (tertiary/aromatic N) is 1. The van der Waals surface area contributed by atoms with Crippen LogP contribution < -0.4 is 15.4 Å². The summed E-state index contributed by atoms with van der Waals surface area (Å²) < 4.78 is 5.24. The number of rotatable bonds is 4. The van der Waals surface area contributed by atoms with E-state index in [2.05, 4.69) is 24.1 Å². The molecule has 1 fully saturated rings. The maximum Gasteiger partial charge on any atom is 0.120 e. The first-order chi connectivity index (χ1) is 8.20. The Kier molecular flexibility index (Phi) is 3.89. The number of anilines is 1. The molecule has 0 aliphatic heterocycles. The van der Waals surface area contributed by atoms with Crippen LogP contribution in [-0.4, -0.2) is 26.7 Å². The highest BCUT2D eigenvalue weighted by Crippen LogP contribution is 2.27. The molecule has 1 saturated carbocycles. The Labute approximate surface area is 104 Å². The Morgan fingerprint density at radius 1 is 1.41 bits per heavy atom. The summed E-state index contributed by atoms with van der Waals surface area (Å²) in [6.07, 6.45) is 3.71. The third-order valence-electron chi connectivity index (χ3n) is 3.72. The molecular formula is C14H22N2O. The summed E-state index contributed by atoms with van der Waals surface area (Å²) in [5.74, 6) is 1.54. The summed E-state index contributed by atoms with van der Waals surface area (Å²) in [4.78, 5) is 2.28. The Bertz CT molecular complexity index is 367. The van der Waals surface area contributed by atoms with Gasteiger partial charge in [0.25, 0.3) is 0 Å². The van der Waals surface area contributed by atoms with Gasteiger partial charge in [0.2, 0.25) is 0 Å². The van der Waals surface area contributed by atoms with Crippen LogP contribution in [0, 0.1) is 5.92 Å². The second kappa shape index (κ2) is 5.41. The van der Waals surface area contributed by atoms with Gasteiger partial charge in [0.1, 0.15) is 5.75 Å². The molecular weight excluding hydrogens is 212 g/mol. The van der Waals surface area contributed by atoms with Gasteiger partial charge in [-0.2, -0.15) is 0 Å². The highest BCUT2D eigenvalue weighted by molar-refractivity contribution is 5.50. The van der Waals surface area contributed by atoms with E-state index in [9.17, 15) is 0 Å². The predicted molar refractivity (Wildman–Crippen MR) is 71.6 cm³/mol. The molecule has 1 aliphatic rings. The fourth-order valence-electron chi connectivity index (χ4n) is 2.60. The zero-order chi connectivity index (χ0) is 12.3. The molecule has 2 atom stereocenters. The second-order valence-electron chi connectivity index (χ2n) is 4.94. The number of benzene rings is 1. The van der Waals surface area contributed by atoms with Gasteiger partial charge in [0.15, 0.2) is 0 Å². The highest BCUT2D eigenvalue weighted by atomic mass is 16.5. The second-order valence-corrected chi connectivity index (χ2v) is 4.94. The van der Waals surface area contributed by atoms with E-state index in [4.69, 9.17) is 10.5 Å². The molecule has 0 heterocycles. The van der Waals surface area contributed by atoms with Gasteiger partial charge in [-0.1, -0.05) is 12.5 Å². The van der Waals surface area contributed by atoms with Gasteiger partial charge in [-0.05, 0) is 30.9 Å². The molecule has 2 rings (SSSR count). The van der Waals surface area contributed by atoms with Gasteiger partial charge < -0.3 is 15.4 Å². The van der Waals surface area contributed by atoms with Crippen molar-refractivity contribution in [2.45, 2.75) is 25.3 Å². The normalized spacial score (nSPS) is 23.7. The van der Waals surface area contributed by atoms with Crippen molar-refractivity contribution in [3.8, 4) is 5.75 Å². The molecule has 3 nitrogen and oxygen atoms in total. The standard InChI is InChI=1S/C14H22N2O/c1-16(10-11-5-3-8-14(11)15)12-6-4-7-13(9-12)17-2/h4,6-7,9,11,14H,3,5,8,10,15H2,1-2H3. The Morgan fingerprint density at radius 3 is 2.88 bits per heavy atom. The van der Waals surface area contributed by atoms with E-state index < -0.39 is 0 Å². The van der Waals surface area contributed by atoms with Crippen molar-refractivity contribution in [2.75, 3.05) is 25.6 Å². The van der Waals surface area contributed by atoms with Crippen molar-refractivity contribution in [3.63, 3.8) is 0 Å². The number of methoxy groups -OCH3 is 1. The molecule has 0 radical (unpaired) electrons. The Balaban J connectivity index is 2.00. The van der Waals surface area contributed by atoms with Crippen LogP contribution in [-0.2, 0) is 0 Å². The third kappa shape index (κ3) is 2.91. The molecule has 17 heavy (non-hydrogen) atoms. The van der Waals surface area contributed by atoms with E-state index in [0.29, 0.717) is 12.0 Å². The first-order valence-corrected chi connectivity index (χ1v) is 6.31. The van der Waals surface area contributed by atoms with E-state index in [1.807, 2.05) is 12.1 Å². The van der Waals surface area contributed by atoms with Crippen molar-refractivity contribution in [2.24, 2.45) is 11.7 Å². The Hall–Kier alpha value is -1.22. The van der Waals surface area contributed by atoms with Crippen LogP contribution >= 0.6 is 0 Å². The van der Waals surface area contributed by atoms with E-state index in [-0.39, 0.29) is 0 Å². The zero-order valence-corrected chi connectivity index (χ0v) is 10.7. The molecule has 0 bridgehead atoms. The van der Waals surface area contributed by atoms with Gasteiger partial charge in [0, 0.05) is 31.4 Å². The fraction of sp³-hybridized carbons (Fsp3) is 0.571. The lowest BCUT2D eigenvalue weighted by Gasteiger charge is -2.25. The van der Waals surface area contributed by atoms with E-state index in [1.54, 1.807) is 7.11 Å². The van der Waals surface area contributed by atoms with Crippen LogP contribution in [0.4, 0.5) is 5.69 Å². The van der Waals surface area contributed by atoms with Crippen molar-refractivity contribution < 1.29 is 4.74 Å². The molecule has 0 aromatic heterocycles. The molecule has 94 valence electrons. The van der Waals surface area contributed by atoms with Gasteiger partial charge in [-0.15, -0.1) is 0 Å². The number of hydrogen-bond acceptors (Lipinski definition) is 3. The van der Waals surface area contributed by atoms with Crippen LogP contribution in [0.5, 0.6) is 5.75 Å². The maximum atomic E-state index is 6.11. The number of ether oxygens (including phenoxy) is 1. The molecule has 0 spiro atoms. The topological polar surface area (TPSA) is 38.5 Å². The third-order valence-corrected chi connectivity index (χ3v) is 3.72. The maximum absolute atomic E-state index is 6.11. The average molecular weight is 234 g/mol. The zero-order valence-electron chi connectivity index (χ0n) is 10.7. The van der Waals surface area contributed by atoms with Crippen LogP contribution in [0.15, 0.2) is 24.3 Å². The van der Waals surface area contributed by atoms with Gasteiger partial charge in [-0.25, -0.2) is 0 Å². The summed E-state index contributed by atoms with van der Waals surface area (Å²) >= 11 is 0. The van der Waals surface area contributed by atoms with Gasteiger partial charge in [0.05, 0.1) is 7.11 Å². The summed E-state index contributed by atoms with van der Waals surface area (Å²) in [5.41, 5.74) is 7.31. The molecule has 2 N–H and O–H groups in total. The summed E-state index contributed by atoms with van der Waals surface area (Å²) in [7, 11) is 3.83. The van der Waals surface area contributed by atoms with Crippen molar-refractivity contribution >= 4 is 5.69 Å². The minimum atomic E-state index is 0.378. The van der Waals surface area contributed by atoms with Crippen LogP contribution in [0.1, 0.15) is 19.3 Å². The summed E-state index contributed by atoms with van der Waals surface area (Å²) in [6.45, 7) is 1.04. The minimum Gasteiger partial charge on any atom is -0.497 e. The van der Waals surface area contributed by atoms with Crippen LogP contribution in [0.3, 0.4) is 0 Å². The van der Waals surface area contributed by atoms with Crippen molar-refractivity contribution in [1.82, 2.24) is 0 Å². The number of hydrogen-bond donors (Lipinski definition) is 1. The Morgan fingerprint density at radius 2 is 2.24 bits per heavy atom. The highest BCUT2D eigenvalue weighted by Gasteiger charge is 2.24. The summed E-state index contributed by atoms with van der Waals surface area (Å²) in [5, 5.41) is 0. The molecule has 1 aromatic rings. The quantitative estimate of drug-likeness (QED) is 0.868. The first kappa shape index (κ1) is 12.2. The summed E-state index contributed by atoms with van der Waals surface area (Å²) in [6, 6.07) is 8.56. The minimum absolute atomic E-state index is 0.378. The van der Waals surface area contributed by atoms with Crippen LogP contribution in [0.25, 0.3) is 0 Å². The molecule has 3 heteroatoms. The van der Waals surface area contributed by atoms with Crippen LogP contribution in [0.2, 0.25) is 0 Å². The SMILES string of the molecule is COc1cccc(N(C)CC2CCCC2N)c1. The van der Waals surface area contributed by atoms with E-state index in [1.165, 1.54) is 24.9 Å². The molecule has 1 aliphatic carbocycles. The monoisotopic (exact) mass is 234 g/mol. The lowest BCUT2D eigenvalue weighted by Crippen LogP contribution is -2.34. The van der Waals surface area contributed by atoms with Crippen molar-refractivity contribution in [1.29, 1.82) is 0 Å². The van der Waals surface area contributed by atoms with E-state index in [0.717, 1.165) is 12.3 Å². The fourth-order valence-corrected chi connectivity index (χ4v) is 2.60. The van der Waals surface area contributed by atoms with E-state index >= 15 is 0 Å². The average Bonchev–Trinajstić information content (AvgIpc) is 2.75. The number of nitrogens with two attached hydrogens (primary N) is 1. The van der Waals surface area contributed by atoms with Gasteiger partial charge in [-0.3, -0.25) is 0 Å².